The normalized spacial score (nSPS) is 14.2. The molecule has 7 nitrogen and oxygen atoms in total. The Labute approximate surface area is 136 Å². The predicted molar refractivity (Wildman–Crippen MR) is 87.2 cm³/mol. The second kappa shape index (κ2) is 7.00. The van der Waals surface area contributed by atoms with Crippen LogP contribution >= 0.6 is 0 Å². The van der Waals surface area contributed by atoms with Crippen molar-refractivity contribution in [3.8, 4) is 0 Å². The van der Waals surface area contributed by atoms with E-state index in [1.54, 1.807) is 0 Å². The molecule has 1 heterocycles. The number of benzene rings is 1. The highest BCUT2D eigenvalue weighted by Gasteiger charge is 2.17. The van der Waals surface area contributed by atoms with Gasteiger partial charge >= 0.3 is 0 Å². The van der Waals surface area contributed by atoms with E-state index >= 15 is 0 Å². The first-order chi connectivity index (χ1) is 10.7. The van der Waals surface area contributed by atoms with E-state index in [-0.39, 0.29) is 19.3 Å². The summed E-state index contributed by atoms with van der Waals surface area (Å²) in [5.41, 5.74) is 0.911. The summed E-state index contributed by atoms with van der Waals surface area (Å²) in [4.78, 5) is 0. The minimum absolute atomic E-state index is 0.0525. The fraction of sp³-hybridized carbons (Fsp3) is 0.429. The first-order valence-electron chi connectivity index (χ1n) is 6.90. The molecule has 0 saturated heterocycles. The van der Waals surface area contributed by atoms with Gasteiger partial charge in [0.1, 0.15) is 0 Å². The monoisotopic (exact) mass is 361 g/mol. The summed E-state index contributed by atoms with van der Waals surface area (Å²) in [5.74, 6) is 0. The van der Waals surface area contributed by atoms with Crippen LogP contribution in [0.25, 0.3) is 10.9 Å². The van der Waals surface area contributed by atoms with Gasteiger partial charge in [-0.25, -0.2) is 0 Å². The van der Waals surface area contributed by atoms with Crippen LogP contribution in [-0.2, 0) is 28.6 Å². The molecule has 1 aromatic carbocycles. The minimum Gasteiger partial charge on any atom is -0.342 e. The summed E-state index contributed by atoms with van der Waals surface area (Å²) in [5, 5.41) is 1.00. The second-order valence-corrected chi connectivity index (χ2v) is 8.53. The van der Waals surface area contributed by atoms with Crippen molar-refractivity contribution in [3.05, 3.63) is 36.5 Å². The first-order valence-corrected chi connectivity index (χ1v) is 10.5. The van der Waals surface area contributed by atoms with Gasteiger partial charge in [-0.3, -0.25) is 8.37 Å². The molecule has 0 aliphatic carbocycles. The van der Waals surface area contributed by atoms with Crippen molar-refractivity contribution in [3.63, 3.8) is 0 Å². The van der Waals surface area contributed by atoms with Gasteiger partial charge in [-0.15, -0.1) is 0 Å². The fourth-order valence-corrected chi connectivity index (χ4v) is 3.07. The molecule has 0 fully saturated rings. The quantitative estimate of drug-likeness (QED) is 0.662. The van der Waals surface area contributed by atoms with Crippen LogP contribution in [-0.4, -0.2) is 47.1 Å². The van der Waals surface area contributed by atoms with Gasteiger partial charge in [0.2, 0.25) is 0 Å². The fourth-order valence-electron chi connectivity index (χ4n) is 2.26. The first kappa shape index (κ1) is 17.9. The van der Waals surface area contributed by atoms with Crippen LogP contribution in [0.5, 0.6) is 0 Å². The van der Waals surface area contributed by atoms with Crippen molar-refractivity contribution in [2.24, 2.45) is 0 Å². The van der Waals surface area contributed by atoms with Crippen molar-refractivity contribution < 1.29 is 25.2 Å². The van der Waals surface area contributed by atoms with Gasteiger partial charge in [-0.1, -0.05) is 18.2 Å². The van der Waals surface area contributed by atoms with Crippen LogP contribution in [0.3, 0.4) is 0 Å². The molecule has 0 bridgehead atoms. The number of nitrogens with zero attached hydrogens (tertiary/aromatic N) is 1. The Kier molecular flexibility index (Phi) is 5.45. The summed E-state index contributed by atoms with van der Waals surface area (Å²) in [6.07, 6.45) is 4.06. The molecular weight excluding hydrogens is 342 g/mol. The molecule has 1 aromatic heterocycles. The smallest absolute Gasteiger partial charge is 0.264 e. The van der Waals surface area contributed by atoms with E-state index < -0.39 is 20.2 Å². The molecule has 0 aliphatic rings. The van der Waals surface area contributed by atoms with E-state index in [1.807, 2.05) is 41.1 Å². The third-order valence-corrected chi connectivity index (χ3v) is 4.41. The molecule has 0 radical (unpaired) electrons. The number of para-hydroxylation sites is 1. The molecule has 0 spiro atoms. The second-order valence-electron chi connectivity index (χ2n) is 5.24. The van der Waals surface area contributed by atoms with E-state index in [9.17, 15) is 16.8 Å². The molecule has 2 rings (SSSR count). The number of fused-ring (bicyclic) bond motifs is 1. The number of aromatic nitrogens is 1. The Bertz CT molecular complexity index is 870. The molecule has 9 heteroatoms. The average Bonchev–Trinajstić information content (AvgIpc) is 2.84. The molecule has 23 heavy (non-hydrogen) atoms. The third-order valence-electron chi connectivity index (χ3n) is 3.25. The number of hydrogen-bond donors (Lipinski definition) is 0. The lowest BCUT2D eigenvalue weighted by atomic mass is 10.2. The molecule has 1 atom stereocenters. The maximum atomic E-state index is 11.2. The van der Waals surface area contributed by atoms with Crippen LogP contribution in [0.4, 0.5) is 0 Å². The molecule has 128 valence electrons. The Balaban J connectivity index is 2.21. The molecule has 1 unspecified atom stereocenters. The van der Waals surface area contributed by atoms with E-state index in [0.29, 0.717) is 6.42 Å². The minimum atomic E-state index is -3.59. The summed E-state index contributed by atoms with van der Waals surface area (Å²) >= 11 is 0. The predicted octanol–water partition coefficient (Wildman–Crippen LogP) is 1.52. The zero-order valence-electron chi connectivity index (χ0n) is 12.9. The Morgan fingerprint density at radius 3 is 2.30 bits per heavy atom. The highest BCUT2D eigenvalue weighted by Crippen LogP contribution is 2.23. The summed E-state index contributed by atoms with van der Waals surface area (Å²) < 4.78 is 56.1. The van der Waals surface area contributed by atoms with Gasteiger partial charge in [-0.05, 0) is 23.9 Å². The molecule has 0 aliphatic heterocycles. The number of hydrogen-bond acceptors (Lipinski definition) is 6. The van der Waals surface area contributed by atoms with Gasteiger partial charge in [0.05, 0.1) is 31.8 Å². The van der Waals surface area contributed by atoms with Gasteiger partial charge in [0.15, 0.2) is 0 Å². The lowest BCUT2D eigenvalue weighted by molar-refractivity contribution is 0.219. The zero-order valence-corrected chi connectivity index (χ0v) is 14.5. The van der Waals surface area contributed by atoms with Crippen LogP contribution in [0.2, 0.25) is 0 Å². The SMILES string of the molecule is CS(=O)(=O)OCCC(COS(C)(=O)=O)n1ccc2ccccc21. The zero-order chi connectivity index (χ0) is 17.1. The highest BCUT2D eigenvalue weighted by atomic mass is 32.2. The third kappa shape index (κ3) is 5.61. The Hall–Kier alpha value is -1.42. The highest BCUT2D eigenvalue weighted by molar-refractivity contribution is 7.86. The van der Waals surface area contributed by atoms with Crippen LogP contribution in [0.1, 0.15) is 12.5 Å². The van der Waals surface area contributed by atoms with Gasteiger partial charge in [-0.2, -0.15) is 16.8 Å². The molecule has 0 amide bonds. The van der Waals surface area contributed by atoms with Crippen molar-refractivity contribution in [2.75, 3.05) is 25.7 Å². The Morgan fingerprint density at radius 1 is 1.00 bits per heavy atom. The molecular formula is C14H19NO6S2. The molecule has 2 aromatic rings. The Morgan fingerprint density at radius 2 is 1.65 bits per heavy atom. The average molecular weight is 361 g/mol. The lowest BCUT2D eigenvalue weighted by Gasteiger charge is -2.19. The van der Waals surface area contributed by atoms with E-state index in [0.717, 1.165) is 23.4 Å². The summed E-state index contributed by atoms with van der Waals surface area (Å²) in [6.45, 7) is -0.145. The number of rotatable bonds is 8. The van der Waals surface area contributed by atoms with E-state index in [4.69, 9.17) is 8.37 Å². The van der Waals surface area contributed by atoms with Crippen LogP contribution in [0, 0.1) is 0 Å². The molecule has 0 N–H and O–H groups in total. The van der Waals surface area contributed by atoms with Crippen molar-refractivity contribution in [1.82, 2.24) is 4.57 Å². The van der Waals surface area contributed by atoms with Gasteiger partial charge in [0, 0.05) is 11.7 Å². The summed E-state index contributed by atoms with van der Waals surface area (Å²) in [6, 6.07) is 9.15. The lowest BCUT2D eigenvalue weighted by Crippen LogP contribution is -2.20. The largest absolute Gasteiger partial charge is 0.342 e. The van der Waals surface area contributed by atoms with Crippen LogP contribution in [0.15, 0.2) is 36.5 Å². The van der Waals surface area contributed by atoms with Gasteiger partial charge in [0.25, 0.3) is 20.2 Å². The van der Waals surface area contributed by atoms with Crippen molar-refractivity contribution in [1.29, 1.82) is 0 Å². The van der Waals surface area contributed by atoms with E-state index in [2.05, 4.69) is 0 Å². The maximum Gasteiger partial charge on any atom is 0.264 e. The van der Waals surface area contributed by atoms with E-state index in [1.165, 1.54) is 0 Å². The van der Waals surface area contributed by atoms with Crippen molar-refractivity contribution >= 4 is 31.1 Å². The summed E-state index contributed by atoms with van der Waals surface area (Å²) in [7, 11) is -7.13. The van der Waals surface area contributed by atoms with Crippen LogP contribution < -0.4 is 0 Å². The topological polar surface area (TPSA) is 91.7 Å². The van der Waals surface area contributed by atoms with Gasteiger partial charge < -0.3 is 4.57 Å². The molecule has 0 saturated carbocycles. The maximum absolute atomic E-state index is 11.2. The van der Waals surface area contributed by atoms with Crippen molar-refractivity contribution in [2.45, 2.75) is 12.5 Å². The standard InChI is InChI=1S/C14H19NO6S2/c1-22(16,17)20-10-8-13(11-21-23(2,18)19)15-9-7-12-5-3-4-6-14(12)15/h3-7,9,13H,8,10-11H2,1-2H3.